The molecule has 0 amide bonds. The zero-order valence-electron chi connectivity index (χ0n) is 18.2. The van der Waals surface area contributed by atoms with Gasteiger partial charge in [-0.05, 0) is 64.9 Å². The van der Waals surface area contributed by atoms with Crippen LogP contribution < -0.4 is 5.19 Å². The zero-order chi connectivity index (χ0) is 19.7. The van der Waals surface area contributed by atoms with Crippen LogP contribution in [0.15, 0.2) is 65.3 Å². The topological polar surface area (TPSA) is 0 Å². The first-order chi connectivity index (χ1) is 12.8. The van der Waals surface area contributed by atoms with Crippen molar-refractivity contribution < 1.29 is 0 Å². The van der Waals surface area contributed by atoms with Crippen LogP contribution in [-0.2, 0) is 0 Å². The van der Waals surface area contributed by atoms with E-state index < -0.39 is 9.52 Å². The molecule has 0 bridgehead atoms. The van der Waals surface area contributed by atoms with E-state index in [1.54, 1.807) is 10.8 Å². The van der Waals surface area contributed by atoms with Crippen molar-refractivity contribution in [2.75, 3.05) is 0 Å². The lowest BCUT2D eigenvalue weighted by molar-refractivity contribution is 0.301. The molecule has 0 fully saturated rings. The van der Waals surface area contributed by atoms with Gasteiger partial charge < -0.3 is 0 Å². The Kier molecular flexibility index (Phi) is 5.81. The lowest BCUT2D eigenvalue weighted by atomic mass is 9.70. The van der Waals surface area contributed by atoms with Crippen LogP contribution in [0.1, 0.15) is 64.5 Å². The van der Waals surface area contributed by atoms with Crippen LogP contribution in [0.5, 0.6) is 0 Å². The summed E-state index contributed by atoms with van der Waals surface area (Å²) in [6.07, 6.45) is 17.1. The molecule has 2 atom stereocenters. The number of rotatable bonds is 6. The fourth-order valence-corrected chi connectivity index (χ4v) is 8.64. The number of hydrogen-bond acceptors (Lipinski definition) is 0. The van der Waals surface area contributed by atoms with Crippen LogP contribution >= 0.6 is 0 Å². The number of allylic oxidation sites excluding steroid dienone is 8. The molecule has 0 aromatic heterocycles. The maximum Gasteiger partial charge on any atom is 0.0706 e. The van der Waals surface area contributed by atoms with Crippen LogP contribution in [0.25, 0.3) is 0 Å². The third kappa shape index (κ3) is 4.14. The first kappa shape index (κ1) is 20.1. The minimum atomic E-state index is -0.487. The highest BCUT2D eigenvalue weighted by atomic mass is 28.2. The fraction of sp³-hybridized carbons (Fsp3) is 0.462. The van der Waals surface area contributed by atoms with Crippen molar-refractivity contribution in [2.24, 2.45) is 5.41 Å². The molecule has 0 saturated carbocycles. The third-order valence-corrected chi connectivity index (χ3v) is 9.26. The minimum absolute atomic E-state index is 0.277. The standard InChI is InChI=1S/C26H36Si/c1-7-11-25(12-9-8-10-13-25)18-26(17-21(4)22(5)23(26)6)27-24-15-19(2)14-20(3)16-24/h8-10,12,14-17H,7,11,13,18,27H2,1-6H3. The van der Waals surface area contributed by atoms with Crippen LogP contribution in [0, 0.1) is 19.3 Å². The van der Waals surface area contributed by atoms with Crippen molar-refractivity contribution in [1.29, 1.82) is 0 Å². The van der Waals surface area contributed by atoms with Crippen molar-refractivity contribution in [1.82, 2.24) is 0 Å². The molecule has 3 rings (SSSR count). The monoisotopic (exact) mass is 376 g/mol. The average molecular weight is 377 g/mol. The molecule has 1 heteroatoms. The maximum absolute atomic E-state index is 2.66. The summed E-state index contributed by atoms with van der Waals surface area (Å²) < 4.78 is 0. The third-order valence-electron chi connectivity index (χ3n) is 6.83. The molecule has 0 spiro atoms. The van der Waals surface area contributed by atoms with E-state index in [1.165, 1.54) is 48.0 Å². The molecule has 0 aliphatic heterocycles. The molecule has 0 radical (unpaired) electrons. The fourth-order valence-electron chi connectivity index (χ4n) is 5.51. The van der Waals surface area contributed by atoms with Gasteiger partial charge in [0.15, 0.2) is 0 Å². The lowest BCUT2D eigenvalue weighted by Crippen LogP contribution is -2.35. The molecular formula is C26H36Si. The minimum Gasteiger partial charge on any atom is -0.0837 e. The second-order valence-electron chi connectivity index (χ2n) is 9.19. The van der Waals surface area contributed by atoms with Gasteiger partial charge in [0, 0.05) is 5.04 Å². The highest BCUT2D eigenvalue weighted by Crippen LogP contribution is 2.56. The van der Waals surface area contributed by atoms with Crippen molar-refractivity contribution >= 4 is 14.7 Å². The number of benzene rings is 1. The predicted octanol–water partition coefficient (Wildman–Crippen LogP) is 6.25. The Bertz CT molecular complexity index is 816. The molecule has 2 aliphatic rings. The van der Waals surface area contributed by atoms with Crippen molar-refractivity contribution in [3.05, 3.63) is 76.4 Å². The summed E-state index contributed by atoms with van der Waals surface area (Å²) in [5.74, 6) is 0. The lowest BCUT2D eigenvalue weighted by Gasteiger charge is -2.41. The number of aryl methyl sites for hydroxylation is 2. The van der Waals surface area contributed by atoms with Crippen LogP contribution in [0.4, 0.5) is 0 Å². The summed E-state index contributed by atoms with van der Waals surface area (Å²) in [6.45, 7) is 13.9. The van der Waals surface area contributed by atoms with E-state index in [4.69, 9.17) is 0 Å². The van der Waals surface area contributed by atoms with Gasteiger partial charge >= 0.3 is 0 Å². The summed E-state index contributed by atoms with van der Waals surface area (Å²) in [4.78, 5) is 0. The van der Waals surface area contributed by atoms with Crippen molar-refractivity contribution in [3.63, 3.8) is 0 Å². The summed E-state index contributed by atoms with van der Waals surface area (Å²) in [5, 5.41) is 1.90. The number of hydrogen-bond donors (Lipinski definition) is 0. The van der Waals surface area contributed by atoms with E-state index in [9.17, 15) is 0 Å². The van der Waals surface area contributed by atoms with Gasteiger partial charge in [-0.2, -0.15) is 0 Å². The van der Waals surface area contributed by atoms with Crippen molar-refractivity contribution in [3.8, 4) is 0 Å². The van der Waals surface area contributed by atoms with Gasteiger partial charge in [-0.1, -0.05) is 89.4 Å². The summed E-state index contributed by atoms with van der Waals surface area (Å²) in [7, 11) is -0.487. The highest BCUT2D eigenvalue weighted by molar-refractivity contribution is 6.58. The Morgan fingerprint density at radius 1 is 0.963 bits per heavy atom. The second-order valence-corrected chi connectivity index (χ2v) is 11.6. The molecule has 27 heavy (non-hydrogen) atoms. The first-order valence-electron chi connectivity index (χ1n) is 10.6. The molecule has 1 aromatic carbocycles. The van der Waals surface area contributed by atoms with Gasteiger partial charge in [0.1, 0.15) is 0 Å². The SMILES string of the molecule is CCCC1(CC2([SiH2]c3cc(C)cc(C)c3)C=C(C)C(C)=C2C)C=CC=CC1. The molecule has 0 heterocycles. The van der Waals surface area contributed by atoms with Gasteiger partial charge in [-0.25, -0.2) is 0 Å². The smallest absolute Gasteiger partial charge is 0.0706 e. The Balaban J connectivity index is 2.04. The molecule has 0 nitrogen and oxygen atoms in total. The van der Waals surface area contributed by atoms with E-state index in [0.717, 1.165) is 0 Å². The average Bonchev–Trinajstić information content (AvgIpc) is 2.78. The second kappa shape index (κ2) is 7.79. The molecule has 2 aliphatic carbocycles. The normalized spacial score (nSPS) is 27.9. The zero-order valence-corrected chi connectivity index (χ0v) is 19.6. The summed E-state index contributed by atoms with van der Waals surface area (Å²) in [6, 6.07) is 7.21. The quantitative estimate of drug-likeness (QED) is 0.515. The Labute approximate surface area is 169 Å². The van der Waals surface area contributed by atoms with Gasteiger partial charge in [-0.3, -0.25) is 0 Å². The maximum atomic E-state index is 2.66. The highest BCUT2D eigenvalue weighted by Gasteiger charge is 2.42. The van der Waals surface area contributed by atoms with Crippen molar-refractivity contribution in [2.45, 2.75) is 72.3 Å². The van der Waals surface area contributed by atoms with Gasteiger partial charge in [0.05, 0.1) is 9.52 Å². The van der Waals surface area contributed by atoms with Gasteiger partial charge in [-0.15, -0.1) is 0 Å². The van der Waals surface area contributed by atoms with E-state index in [-0.39, 0.29) is 5.04 Å². The summed E-state index contributed by atoms with van der Waals surface area (Å²) in [5.41, 5.74) is 7.82. The van der Waals surface area contributed by atoms with E-state index in [1.807, 2.05) is 0 Å². The van der Waals surface area contributed by atoms with Crippen LogP contribution in [0.2, 0.25) is 5.04 Å². The van der Waals surface area contributed by atoms with E-state index in [0.29, 0.717) is 5.41 Å². The Morgan fingerprint density at radius 2 is 1.67 bits per heavy atom. The van der Waals surface area contributed by atoms with E-state index in [2.05, 4.69) is 90.1 Å². The largest absolute Gasteiger partial charge is 0.0837 e. The van der Waals surface area contributed by atoms with Gasteiger partial charge in [0.2, 0.25) is 0 Å². The van der Waals surface area contributed by atoms with Gasteiger partial charge in [0.25, 0.3) is 0 Å². The molecule has 144 valence electrons. The molecule has 0 saturated heterocycles. The predicted molar refractivity (Wildman–Crippen MR) is 124 cm³/mol. The van der Waals surface area contributed by atoms with Crippen LogP contribution in [-0.4, -0.2) is 9.52 Å². The summed E-state index contributed by atoms with van der Waals surface area (Å²) >= 11 is 0. The molecule has 0 N–H and O–H groups in total. The Morgan fingerprint density at radius 3 is 2.19 bits per heavy atom. The molecule has 2 unspecified atom stereocenters. The molecule has 1 aromatic rings. The van der Waals surface area contributed by atoms with Crippen LogP contribution in [0.3, 0.4) is 0 Å². The van der Waals surface area contributed by atoms with E-state index >= 15 is 0 Å². The first-order valence-corrected chi connectivity index (χ1v) is 12.0. The molecular weight excluding hydrogens is 340 g/mol. The Hall–Kier alpha value is -1.60.